The maximum absolute atomic E-state index is 12.8. The topological polar surface area (TPSA) is 109 Å². The Morgan fingerprint density at radius 1 is 1.16 bits per heavy atom. The maximum Gasteiger partial charge on any atom is 0.240 e. The lowest BCUT2D eigenvalue weighted by atomic mass is 10.0. The third-order valence-corrected chi connectivity index (χ3v) is 6.77. The molecular weight excluding hydrogens is 430 g/mol. The summed E-state index contributed by atoms with van der Waals surface area (Å²) < 4.78 is 39.0. The number of amides is 1. The summed E-state index contributed by atoms with van der Waals surface area (Å²) in [5, 5.41) is 8.94. The predicted molar refractivity (Wildman–Crippen MR) is 119 cm³/mol. The Kier molecular flexibility index (Phi) is 7.72. The Balaban J connectivity index is 1.61. The predicted octanol–water partition coefficient (Wildman–Crippen LogP) is 3.00. The van der Waals surface area contributed by atoms with Crippen molar-refractivity contribution in [2.24, 2.45) is 0 Å². The van der Waals surface area contributed by atoms with Gasteiger partial charge in [0.15, 0.2) is 11.5 Å². The number of rotatable bonds is 8. The molecule has 2 aromatic carbocycles. The summed E-state index contributed by atoms with van der Waals surface area (Å²) in [6.07, 6.45) is 0.754. The molecule has 1 unspecified atom stereocenters. The molecule has 32 heavy (non-hydrogen) atoms. The molecule has 0 fully saturated rings. The Morgan fingerprint density at radius 3 is 2.50 bits per heavy atom. The van der Waals surface area contributed by atoms with E-state index in [0.29, 0.717) is 36.8 Å². The molecule has 0 aromatic heterocycles. The minimum absolute atomic E-state index is 0.0216. The van der Waals surface area contributed by atoms with Crippen LogP contribution in [0, 0.1) is 11.3 Å². The van der Waals surface area contributed by atoms with Gasteiger partial charge < -0.3 is 14.4 Å². The van der Waals surface area contributed by atoms with Crippen LogP contribution in [0.3, 0.4) is 0 Å². The van der Waals surface area contributed by atoms with E-state index in [0.717, 1.165) is 12.0 Å². The molecule has 1 N–H and O–H groups in total. The van der Waals surface area contributed by atoms with Gasteiger partial charge >= 0.3 is 0 Å². The van der Waals surface area contributed by atoms with Crippen LogP contribution in [0.4, 0.5) is 0 Å². The van der Waals surface area contributed by atoms with E-state index >= 15 is 0 Å². The van der Waals surface area contributed by atoms with E-state index in [2.05, 4.69) is 10.8 Å². The fourth-order valence-corrected chi connectivity index (χ4v) is 4.56. The number of carbonyl (C=O) groups is 1. The Hall–Kier alpha value is -3.09. The Bertz CT molecular complexity index is 1090. The molecule has 3 rings (SSSR count). The molecule has 9 heteroatoms. The highest BCUT2D eigenvalue weighted by Crippen LogP contribution is 2.31. The molecule has 0 radical (unpaired) electrons. The molecular formula is C23H27N3O5S. The summed E-state index contributed by atoms with van der Waals surface area (Å²) in [5.41, 5.74) is 1.46. The second-order valence-corrected chi connectivity index (χ2v) is 9.16. The van der Waals surface area contributed by atoms with Crippen LogP contribution >= 0.6 is 0 Å². The van der Waals surface area contributed by atoms with Crippen molar-refractivity contribution in [3.63, 3.8) is 0 Å². The van der Waals surface area contributed by atoms with E-state index in [1.807, 2.05) is 26.0 Å². The summed E-state index contributed by atoms with van der Waals surface area (Å²) in [4.78, 5) is 14.5. The summed E-state index contributed by atoms with van der Waals surface area (Å²) in [7, 11) is -3.80. The molecule has 1 atom stereocenters. The van der Waals surface area contributed by atoms with Crippen LogP contribution in [0.15, 0.2) is 47.4 Å². The van der Waals surface area contributed by atoms with E-state index in [1.165, 1.54) is 12.1 Å². The first-order valence-corrected chi connectivity index (χ1v) is 12.0. The van der Waals surface area contributed by atoms with Gasteiger partial charge in [0.1, 0.15) is 0 Å². The molecule has 1 aliphatic heterocycles. The van der Waals surface area contributed by atoms with Gasteiger partial charge in [-0.05, 0) is 43.7 Å². The number of sulfonamides is 1. The standard InChI is InChI=1S/C23H27N3O5S/c1-3-26(17(2)19-7-5-18(16-24)6-8-19)23(27)11-12-25-32(28,29)20-9-10-21-22(15-20)31-14-4-13-30-21/h5-10,15,17,25H,3-4,11-14H2,1-2H3. The maximum atomic E-state index is 12.8. The van der Waals surface area contributed by atoms with Crippen LogP contribution in [-0.2, 0) is 14.8 Å². The number of carbonyl (C=O) groups excluding carboxylic acids is 1. The normalized spacial score (nSPS) is 14.2. The molecule has 1 amide bonds. The number of ether oxygens (including phenoxy) is 2. The largest absolute Gasteiger partial charge is 0.490 e. The molecule has 0 bridgehead atoms. The minimum Gasteiger partial charge on any atom is -0.490 e. The lowest BCUT2D eigenvalue weighted by Crippen LogP contribution is -2.36. The second kappa shape index (κ2) is 10.5. The zero-order valence-electron chi connectivity index (χ0n) is 18.2. The lowest BCUT2D eigenvalue weighted by Gasteiger charge is -2.28. The number of hydrogen-bond acceptors (Lipinski definition) is 6. The summed E-state index contributed by atoms with van der Waals surface area (Å²) in [6, 6.07) is 13.4. The second-order valence-electron chi connectivity index (χ2n) is 7.40. The number of fused-ring (bicyclic) bond motifs is 1. The van der Waals surface area contributed by atoms with Crippen LogP contribution in [0.1, 0.15) is 43.9 Å². The lowest BCUT2D eigenvalue weighted by molar-refractivity contribution is -0.132. The van der Waals surface area contributed by atoms with E-state index in [-0.39, 0.29) is 29.8 Å². The van der Waals surface area contributed by atoms with Crippen LogP contribution < -0.4 is 14.2 Å². The fourth-order valence-electron chi connectivity index (χ4n) is 3.51. The van der Waals surface area contributed by atoms with Gasteiger partial charge in [-0.25, -0.2) is 13.1 Å². The number of benzene rings is 2. The first-order chi connectivity index (χ1) is 15.4. The van der Waals surface area contributed by atoms with Crippen molar-refractivity contribution in [2.45, 2.75) is 37.6 Å². The summed E-state index contributed by atoms with van der Waals surface area (Å²) >= 11 is 0. The van der Waals surface area contributed by atoms with Gasteiger partial charge in [-0.15, -0.1) is 0 Å². The zero-order valence-corrected chi connectivity index (χ0v) is 19.0. The smallest absolute Gasteiger partial charge is 0.240 e. The average molecular weight is 458 g/mol. The van der Waals surface area contributed by atoms with Gasteiger partial charge in [0, 0.05) is 32.0 Å². The Labute approximate surface area is 188 Å². The molecule has 2 aromatic rings. The van der Waals surface area contributed by atoms with Crippen molar-refractivity contribution in [3.8, 4) is 17.6 Å². The average Bonchev–Trinajstić information content (AvgIpc) is 3.04. The molecule has 170 valence electrons. The molecule has 1 aliphatic rings. The molecule has 0 spiro atoms. The highest BCUT2D eigenvalue weighted by molar-refractivity contribution is 7.89. The Morgan fingerprint density at radius 2 is 1.84 bits per heavy atom. The van der Waals surface area contributed by atoms with Gasteiger partial charge in [0.2, 0.25) is 15.9 Å². The van der Waals surface area contributed by atoms with Gasteiger partial charge in [-0.1, -0.05) is 12.1 Å². The van der Waals surface area contributed by atoms with E-state index in [1.54, 1.807) is 23.1 Å². The quantitative estimate of drug-likeness (QED) is 0.653. The van der Waals surface area contributed by atoms with E-state index < -0.39 is 10.0 Å². The molecule has 8 nitrogen and oxygen atoms in total. The first-order valence-electron chi connectivity index (χ1n) is 10.5. The van der Waals surface area contributed by atoms with Crippen LogP contribution in [0.5, 0.6) is 11.5 Å². The molecule has 0 saturated heterocycles. The molecule has 0 saturated carbocycles. The van der Waals surface area contributed by atoms with Crippen LogP contribution in [-0.4, -0.2) is 45.5 Å². The van der Waals surface area contributed by atoms with Crippen molar-refractivity contribution >= 4 is 15.9 Å². The van der Waals surface area contributed by atoms with Crippen molar-refractivity contribution in [1.29, 1.82) is 5.26 Å². The van der Waals surface area contributed by atoms with Crippen molar-refractivity contribution in [3.05, 3.63) is 53.6 Å². The van der Waals surface area contributed by atoms with Gasteiger partial charge in [-0.3, -0.25) is 4.79 Å². The number of nitrogens with one attached hydrogen (secondary N) is 1. The van der Waals surface area contributed by atoms with Crippen LogP contribution in [0.2, 0.25) is 0 Å². The highest BCUT2D eigenvalue weighted by Gasteiger charge is 2.22. The van der Waals surface area contributed by atoms with Gasteiger partial charge in [0.05, 0.1) is 35.8 Å². The SMILES string of the molecule is CCN(C(=O)CCNS(=O)(=O)c1ccc2c(c1)OCCCO2)C(C)c1ccc(C#N)cc1. The monoisotopic (exact) mass is 457 g/mol. The first kappa shape index (κ1) is 23.6. The number of nitriles is 1. The van der Waals surface area contributed by atoms with E-state index in [4.69, 9.17) is 14.7 Å². The van der Waals surface area contributed by atoms with Crippen molar-refractivity contribution in [1.82, 2.24) is 9.62 Å². The minimum atomic E-state index is -3.80. The van der Waals surface area contributed by atoms with Gasteiger partial charge in [0.25, 0.3) is 0 Å². The zero-order chi connectivity index (χ0) is 23.1. The van der Waals surface area contributed by atoms with Crippen molar-refractivity contribution < 1.29 is 22.7 Å². The summed E-state index contributed by atoms with van der Waals surface area (Å²) in [6.45, 7) is 5.22. The summed E-state index contributed by atoms with van der Waals surface area (Å²) in [5.74, 6) is 0.757. The molecule has 1 heterocycles. The third kappa shape index (κ3) is 5.58. The number of nitrogens with zero attached hydrogens (tertiary/aromatic N) is 2. The number of hydrogen-bond donors (Lipinski definition) is 1. The van der Waals surface area contributed by atoms with Crippen LogP contribution in [0.25, 0.3) is 0 Å². The highest BCUT2D eigenvalue weighted by atomic mass is 32.2. The third-order valence-electron chi connectivity index (χ3n) is 5.31. The molecule has 0 aliphatic carbocycles. The van der Waals surface area contributed by atoms with Gasteiger partial charge in [-0.2, -0.15) is 5.26 Å². The van der Waals surface area contributed by atoms with E-state index in [9.17, 15) is 13.2 Å². The van der Waals surface area contributed by atoms with Crippen molar-refractivity contribution in [2.75, 3.05) is 26.3 Å². The fraction of sp³-hybridized carbons (Fsp3) is 0.391.